The summed E-state index contributed by atoms with van der Waals surface area (Å²) in [6, 6.07) is 8.30. The lowest BCUT2D eigenvalue weighted by molar-refractivity contribution is -0.142. The molecule has 2 N–H and O–H groups in total. The quantitative estimate of drug-likeness (QED) is 0.790. The van der Waals surface area contributed by atoms with Gasteiger partial charge in [-0.25, -0.2) is 13.6 Å². The Kier molecular flexibility index (Phi) is 6.27. The molecule has 5 nitrogen and oxygen atoms in total. The molecule has 0 bridgehead atoms. The molecule has 0 radical (unpaired) electrons. The van der Waals surface area contributed by atoms with Crippen LogP contribution in [-0.2, 0) is 9.59 Å². The van der Waals surface area contributed by atoms with Crippen molar-refractivity contribution in [3.05, 3.63) is 65.2 Å². The zero-order chi connectivity index (χ0) is 19.3. The van der Waals surface area contributed by atoms with Crippen LogP contribution in [0.3, 0.4) is 0 Å². The minimum absolute atomic E-state index is 0.0302. The van der Waals surface area contributed by atoms with Crippen LogP contribution in [0.5, 0.6) is 5.75 Å². The summed E-state index contributed by atoms with van der Waals surface area (Å²) in [5.41, 5.74) is 0.438. The molecule has 1 amide bonds. The Morgan fingerprint density at radius 2 is 1.85 bits per heavy atom. The van der Waals surface area contributed by atoms with E-state index in [2.05, 4.69) is 5.32 Å². The topological polar surface area (TPSA) is 75.6 Å². The first kappa shape index (κ1) is 19.4. The number of carboxylic acids is 1. The van der Waals surface area contributed by atoms with Gasteiger partial charge >= 0.3 is 5.97 Å². The number of ether oxygens (including phenoxy) is 1. The summed E-state index contributed by atoms with van der Waals surface area (Å²) < 4.78 is 32.4. The van der Waals surface area contributed by atoms with Crippen molar-refractivity contribution in [3.63, 3.8) is 0 Å². The normalized spacial score (nSPS) is 12.9. The molecule has 0 aliphatic heterocycles. The summed E-state index contributed by atoms with van der Waals surface area (Å²) in [7, 11) is 1.29. The lowest BCUT2D eigenvalue weighted by atomic mass is 9.96. The van der Waals surface area contributed by atoms with E-state index in [1.165, 1.54) is 25.3 Å². The van der Waals surface area contributed by atoms with Gasteiger partial charge in [-0.3, -0.25) is 4.79 Å². The maximum atomic E-state index is 13.8. The number of carbonyl (C=O) groups is 2. The van der Waals surface area contributed by atoms with Crippen LogP contribution in [0.15, 0.2) is 42.5 Å². The first-order chi connectivity index (χ1) is 12.3. The van der Waals surface area contributed by atoms with Crippen LogP contribution in [0.4, 0.5) is 8.78 Å². The number of hydrogen-bond donors (Lipinski definition) is 2. The molecular formula is C19H19F2NO4. The second kappa shape index (κ2) is 8.42. The summed E-state index contributed by atoms with van der Waals surface area (Å²) in [6.07, 6.45) is -0.108. The smallest absolute Gasteiger partial charge is 0.330 e. The van der Waals surface area contributed by atoms with Crippen LogP contribution in [0, 0.1) is 11.6 Å². The zero-order valence-corrected chi connectivity index (χ0v) is 14.3. The van der Waals surface area contributed by atoms with Gasteiger partial charge in [0.2, 0.25) is 5.91 Å². The van der Waals surface area contributed by atoms with E-state index in [9.17, 15) is 23.5 Å². The van der Waals surface area contributed by atoms with E-state index in [4.69, 9.17) is 4.74 Å². The number of carboxylic acid groups (broad SMARTS) is 1. The Morgan fingerprint density at radius 1 is 1.15 bits per heavy atom. The van der Waals surface area contributed by atoms with Gasteiger partial charge in [0.1, 0.15) is 5.82 Å². The van der Waals surface area contributed by atoms with Crippen LogP contribution in [-0.4, -0.2) is 24.1 Å². The number of rotatable bonds is 7. The Bertz CT molecular complexity index is 810. The molecule has 2 aromatic rings. The Hall–Kier alpha value is -2.96. The van der Waals surface area contributed by atoms with Gasteiger partial charge in [-0.15, -0.1) is 0 Å². The molecule has 0 saturated carbocycles. The number of carbonyl (C=O) groups excluding carboxylic acids is 1. The molecule has 0 spiro atoms. The van der Waals surface area contributed by atoms with Crippen LogP contribution < -0.4 is 10.1 Å². The number of methoxy groups -OCH3 is 1. The number of halogens is 2. The van der Waals surface area contributed by atoms with Crippen molar-refractivity contribution in [2.24, 2.45) is 0 Å². The number of nitrogens with one attached hydrogen (secondary N) is 1. The Morgan fingerprint density at radius 3 is 2.42 bits per heavy atom. The van der Waals surface area contributed by atoms with Gasteiger partial charge in [0, 0.05) is 6.42 Å². The first-order valence-corrected chi connectivity index (χ1v) is 7.93. The predicted octanol–water partition coefficient (Wildman–Crippen LogP) is 3.41. The third-order valence-electron chi connectivity index (χ3n) is 3.99. The second-order valence-corrected chi connectivity index (χ2v) is 5.86. The highest BCUT2D eigenvalue weighted by molar-refractivity contribution is 5.85. The summed E-state index contributed by atoms with van der Waals surface area (Å²) in [4.78, 5) is 23.7. The molecular weight excluding hydrogens is 344 g/mol. The van der Waals surface area contributed by atoms with Crippen molar-refractivity contribution in [2.75, 3.05) is 7.11 Å². The van der Waals surface area contributed by atoms with Gasteiger partial charge in [-0.05, 0) is 35.2 Å². The minimum Gasteiger partial charge on any atom is -0.494 e. The standard InChI is InChI=1S/C19H19F2NO4/c1-11(13-5-3-4-6-14(13)20)9-17(23)22-18(19(24)25)12-7-8-16(26-2)15(21)10-12/h3-8,10-11,18H,9H2,1-2H3,(H,22,23)(H,24,25). The molecule has 0 fully saturated rings. The van der Waals surface area contributed by atoms with Crippen molar-refractivity contribution >= 4 is 11.9 Å². The second-order valence-electron chi connectivity index (χ2n) is 5.86. The monoisotopic (exact) mass is 363 g/mol. The maximum Gasteiger partial charge on any atom is 0.330 e. The zero-order valence-electron chi connectivity index (χ0n) is 14.3. The fourth-order valence-electron chi connectivity index (χ4n) is 2.63. The Balaban J connectivity index is 2.12. The predicted molar refractivity (Wildman–Crippen MR) is 90.9 cm³/mol. The van der Waals surface area contributed by atoms with E-state index < -0.39 is 35.5 Å². The minimum atomic E-state index is -1.42. The number of aliphatic carboxylic acids is 1. The molecule has 2 aromatic carbocycles. The fourth-order valence-corrected chi connectivity index (χ4v) is 2.63. The molecule has 0 saturated heterocycles. The van der Waals surface area contributed by atoms with Crippen LogP contribution in [0.1, 0.15) is 36.4 Å². The van der Waals surface area contributed by atoms with E-state index in [-0.39, 0.29) is 17.7 Å². The van der Waals surface area contributed by atoms with E-state index in [0.717, 1.165) is 6.07 Å². The number of hydrogen-bond acceptors (Lipinski definition) is 3. The first-order valence-electron chi connectivity index (χ1n) is 7.93. The molecule has 0 aliphatic carbocycles. The summed E-state index contributed by atoms with van der Waals surface area (Å²) in [6.45, 7) is 1.67. The molecule has 2 rings (SSSR count). The highest BCUT2D eigenvalue weighted by Crippen LogP contribution is 2.24. The van der Waals surface area contributed by atoms with Gasteiger partial charge < -0.3 is 15.2 Å². The third kappa shape index (κ3) is 4.56. The highest BCUT2D eigenvalue weighted by atomic mass is 19.1. The molecule has 138 valence electrons. The SMILES string of the molecule is COc1ccc(C(NC(=O)CC(C)c2ccccc2F)C(=O)O)cc1F. The fraction of sp³-hybridized carbons (Fsp3) is 0.263. The molecule has 2 atom stereocenters. The van der Waals surface area contributed by atoms with Gasteiger partial charge in [0.25, 0.3) is 0 Å². The van der Waals surface area contributed by atoms with Crippen molar-refractivity contribution < 1.29 is 28.2 Å². The number of amides is 1. The summed E-state index contributed by atoms with van der Waals surface area (Å²) in [5, 5.41) is 11.7. The Labute approximate surface area is 149 Å². The van der Waals surface area contributed by atoms with Gasteiger partial charge in [-0.1, -0.05) is 31.2 Å². The molecule has 0 heterocycles. The van der Waals surface area contributed by atoms with Crippen LogP contribution in [0.2, 0.25) is 0 Å². The van der Waals surface area contributed by atoms with Gasteiger partial charge in [-0.2, -0.15) is 0 Å². The van der Waals surface area contributed by atoms with E-state index in [1.54, 1.807) is 25.1 Å². The van der Waals surface area contributed by atoms with E-state index >= 15 is 0 Å². The maximum absolute atomic E-state index is 13.8. The van der Waals surface area contributed by atoms with Gasteiger partial charge in [0.15, 0.2) is 17.6 Å². The molecule has 26 heavy (non-hydrogen) atoms. The summed E-state index contributed by atoms with van der Waals surface area (Å²) >= 11 is 0. The van der Waals surface area contributed by atoms with Crippen molar-refractivity contribution in [3.8, 4) is 5.75 Å². The number of benzene rings is 2. The molecule has 7 heteroatoms. The largest absolute Gasteiger partial charge is 0.494 e. The average Bonchev–Trinajstić information content (AvgIpc) is 2.59. The highest BCUT2D eigenvalue weighted by Gasteiger charge is 2.24. The van der Waals surface area contributed by atoms with E-state index in [1.807, 2.05) is 0 Å². The van der Waals surface area contributed by atoms with Crippen molar-refractivity contribution in [2.45, 2.75) is 25.3 Å². The van der Waals surface area contributed by atoms with Crippen LogP contribution in [0.25, 0.3) is 0 Å². The molecule has 0 aromatic heterocycles. The molecule has 0 aliphatic rings. The lowest BCUT2D eigenvalue weighted by Crippen LogP contribution is -2.34. The van der Waals surface area contributed by atoms with Gasteiger partial charge in [0.05, 0.1) is 7.11 Å². The van der Waals surface area contributed by atoms with E-state index in [0.29, 0.717) is 5.56 Å². The van der Waals surface area contributed by atoms with Crippen LogP contribution >= 0.6 is 0 Å². The lowest BCUT2D eigenvalue weighted by Gasteiger charge is -2.18. The molecule has 2 unspecified atom stereocenters. The third-order valence-corrected chi connectivity index (χ3v) is 3.99. The van der Waals surface area contributed by atoms with Crippen molar-refractivity contribution in [1.82, 2.24) is 5.32 Å². The summed E-state index contributed by atoms with van der Waals surface area (Å²) in [5.74, 6) is -3.55. The van der Waals surface area contributed by atoms with Crippen molar-refractivity contribution in [1.29, 1.82) is 0 Å². The average molecular weight is 363 g/mol.